The summed E-state index contributed by atoms with van der Waals surface area (Å²) in [6.45, 7) is 5.03. The van der Waals surface area contributed by atoms with Crippen molar-refractivity contribution in [3.8, 4) is 33.4 Å². The van der Waals surface area contributed by atoms with E-state index in [4.69, 9.17) is 11.6 Å². The molecule has 0 N–H and O–H groups in total. The molecule has 2 bridgehead atoms. The molecule has 0 aliphatic heterocycles. The minimum atomic E-state index is -0.0156. The summed E-state index contributed by atoms with van der Waals surface area (Å²) in [4.78, 5) is 2.41. The lowest BCUT2D eigenvalue weighted by molar-refractivity contribution is 0.0426. The first-order valence-corrected chi connectivity index (χ1v) is 18.4. The van der Waals surface area contributed by atoms with Crippen LogP contribution in [0.3, 0.4) is 0 Å². The predicted molar refractivity (Wildman–Crippen MR) is 207 cm³/mol. The largest absolute Gasteiger partial charge is 0.308 e. The van der Waals surface area contributed by atoms with E-state index in [1.807, 2.05) is 0 Å². The maximum atomic E-state index is 7.54. The van der Waals surface area contributed by atoms with Gasteiger partial charge < -0.3 is 4.90 Å². The van der Waals surface area contributed by atoms with Gasteiger partial charge in [-0.25, -0.2) is 0 Å². The smallest absolute Gasteiger partial charge is 0.0653 e. The molecular formula is C47H42ClN. The molecule has 0 radical (unpaired) electrons. The van der Waals surface area contributed by atoms with Gasteiger partial charge in [0.1, 0.15) is 0 Å². The van der Waals surface area contributed by atoms with Crippen LogP contribution in [0.2, 0.25) is 5.02 Å². The van der Waals surface area contributed by atoms with Gasteiger partial charge in [-0.3, -0.25) is 0 Å². The third-order valence-corrected chi connectivity index (χ3v) is 12.4. The van der Waals surface area contributed by atoms with Gasteiger partial charge in [-0.15, -0.1) is 0 Å². The van der Waals surface area contributed by atoms with Gasteiger partial charge in [0.15, 0.2) is 0 Å². The minimum Gasteiger partial charge on any atom is -0.308 e. The Bertz CT molecular complexity index is 2130. The SMILES string of the molecule is CC1CC2CC(C)C3(c4ccccc4-c4cc(Cl)c(N(c5ccc(-c6ccccc6)cc5)c5ccccc5-c5ccccc5)cc43)C(C1)C2. The topological polar surface area (TPSA) is 3.24 Å². The van der Waals surface area contributed by atoms with Gasteiger partial charge in [0.25, 0.3) is 0 Å². The molecule has 49 heavy (non-hydrogen) atoms. The highest BCUT2D eigenvalue weighted by molar-refractivity contribution is 6.34. The number of hydrogen-bond acceptors (Lipinski definition) is 1. The average Bonchev–Trinajstić information content (AvgIpc) is 3.42. The molecule has 2 heteroatoms. The Morgan fingerprint density at radius 1 is 0.531 bits per heavy atom. The molecule has 0 aromatic heterocycles. The molecule has 6 aromatic rings. The summed E-state index contributed by atoms with van der Waals surface area (Å²) in [5.74, 6) is 2.76. The Balaban J connectivity index is 1.28. The summed E-state index contributed by atoms with van der Waals surface area (Å²) in [5.41, 5.74) is 13.7. The Labute approximate surface area is 296 Å². The second kappa shape index (κ2) is 12.1. The van der Waals surface area contributed by atoms with Gasteiger partial charge in [-0.2, -0.15) is 0 Å². The van der Waals surface area contributed by atoms with Crippen LogP contribution in [0.15, 0.2) is 146 Å². The third-order valence-electron chi connectivity index (χ3n) is 12.0. The second-order valence-corrected chi connectivity index (χ2v) is 15.3. The number of rotatable bonds is 5. The number of para-hydroxylation sites is 1. The highest BCUT2D eigenvalue weighted by atomic mass is 35.5. The highest BCUT2D eigenvalue weighted by Gasteiger charge is 2.56. The molecule has 3 aliphatic carbocycles. The van der Waals surface area contributed by atoms with E-state index < -0.39 is 0 Å². The van der Waals surface area contributed by atoms with Crippen molar-refractivity contribution >= 4 is 28.7 Å². The van der Waals surface area contributed by atoms with Crippen molar-refractivity contribution in [2.24, 2.45) is 23.7 Å². The summed E-state index contributed by atoms with van der Waals surface area (Å²) in [5, 5.41) is 0.777. The van der Waals surface area contributed by atoms with E-state index >= 15 is 0 Å². The zero-order chi connectivity index (χ0) is 33.1. The molecule has 242 valence electrons. The van der Waals surface area contributed by atoms with Crippen LogP contribution in [-0.2, 0) is 5.41 Å². The summed E-state index contributed by atoms with van der Waals surface area (Å²) in [7, 11) is 0. The molecule has 2 fully saturated rings. The van der Waals surface area contributed by atoms with Gasteiger partial charge in [0, 0.05) is 16.7 Å². The normalized spacial score (nSPS) is 23.6. The van der Waals surface area contributed by atoms with Gasteiger partial charge in [0.05, 0.1) is 16.4 Å². The fraction of sp³-hybridized carbons (Fsp3) is 0.234. The fourth-order valence-electron chi connectivity index (χ4n) is 10.3. The quantitative estimate of drug-likeness (QED) is 0.179. The molecule has 5 unspecified atom stereocenters. The zero-order valence-electron chi connectivity index (χ0n) is 28.3. The van der Waals surface area contributed by atoms with Crippen LogP contribution >= 0.6 is 11.6 Å². The number of halogens is 1. The summed E-state index contributed by atoms with van der Waals surface area (Å²) < 4.78 is 0. The van der Waals surface area contributed by atoms with E-state index in [9.17, 15) is 0 Å². The number of nitrogens with zero attached hydrogens (tertiary/aromatic N) is 1. The maximum Gasteiger partial charge on any atom is 0.0653 e. The molecule has 9 rings (SSSR count). The highest BCUT2D eigenvalue weighted by Crippen LogP contribution is 2.65. The first-order valence-electron chi connectivity index (χ1n) is 18.1. The van der Waals surface area contributed by atoms with Gasteiger partial charge >= 0.3 is 0 Å². The molecule has 5 atom stereocenters. The average molecular weight is 656 g/mol. The van der Waals surface area contributed by atoms with Crippen LogP contribution in [0, 0.1) is 23.7 Å². The molecule has 2 saturated carbocycles. The van der Waals surface area contributed by atoms with Crippen LogP contribution in [-0.4, -0.2) is 0 Å². The lowest BCUT2D eigenvalue weighted by atomic mass is 9.49. The van der Waals surface area contributed by atoms with Crippen molar-refractivity contribution in [2.45, 2.75) is 44.9 Å². The summed E-state index contributed by atoms with van der Waals surface area (Å²) in [6, 6.07) is 53.2. The maximum absolute atomic E-state index is 7.54. The lowest BCUT2D eigenvalue weighted by Gasteiger charge is -2.54. The van der Waals surface area contributed by atoms with Gasteiger partial charge in [0.2, 0.25) is 0 Å². The number of fused-ring (bicyclic) bond motifs is 8. The Kier molecular flexibility index (Phi) is 7.51. The molecule has 1 nitrogen and oxygen atoms in total. The van der Waals surface area contributed by atoms with Crippen LogP contribution in [0.4, 0.5) is 17.1 Å². The number of anilines is 3. The van der Waals surface area contributed by atoms with E-state index in [-0.39, 0.29) is 5.41 Å². The van der Waals surface area contributed by atoms with E-state index in [1.165, 1.54) is 70.2 Å². The molecule has 0 amide bonds. The zero-order valence-corrected chi connectivity index (χ0v) is 29.1. The number of hydrogen-bond donors (Lipinski definition) is 0. The van der Waals surface area contributed by atoms with Crippen LogP contribution < -0.4 is 4.90 Å². The molecule has 6 aromatic carbocycles. The lowest BCUT2D eigenvalue weighted by Crippen LogP contribution is -2.49. The standard InChI is InChI=1S/C47H42ClN/c1-31-25-33-27-32(2)47(37(26-31)28-33)42-19-11-9-18-40(42)41-29-44(48)46(30-43(41)47)49(38-23-21-35(22-24-38)34-13-5-3-6-14-34)45-20-12-10-17-39(45)36-15-7-4-8-16-36/h3-24,29-33,37H,25-28H2,1-2H3. The summed E-state index contributed by atoms with van der Waals surface area (Å²) >= 11 is 7.54. The summed E-state index contributed by atoms with van der Waals surface area (Å²) in [6.07, 6.45) is 5.27. The van der Waals surface area contributed by atoms with Crippen molar-refractivity contribution in [2.75, 3.05) is 4.90 Å². The van der Waals surface area contributed by atoms with Crippen molar-refractivity contribution in [1.29, 1.82) is 0 Å². The van der Waals surface area contributed by atoms with Gasteiger partial charge in [-0.05, 0) is 119 Å². The Morgan fingerprint density at radius 2 is 1.16 bits per heavy atom. The first-order chi connectivity index (χ1) is 24.0. The fourth-order valence-corrected chi connectivity index (χ4v) is 10.5. The van der Waals surface area contributed by atoms with Crippen molar-refractivity contribution in [1.82, 2.24) is 0 Å². The van der Waals surface area contributed by atoms with Crippen molar-refractivity contribution in [3.05, 3.63) is 162 Å². The predicted octanol–water partition coefficient (Wildman–Crippen LogP) is 13.5. The molecule has 3 aliphatic rings. The van der Waals surface area contributed by atoms with E-state index in [0.717, 1.165) is 33.9 Å². The minimum absolute atomic E-state index is 0.0156. The second-order valence-electron chi connectivity index (χ2n) is 14.9. The van der Waals surface area contributed by atoms with Gasteiger partial charge in [-0.1, -0.05) is 141 Å². The van der Waals surface area contributed by atoms with Crippen LogP contribution in [0.5, 0.6) is 0 Å². The molecule has 1 spiro atoms. The molecule has 0 saturated heterocycles. The van der Waals surface area contributed by atoms with E-state index in [0.29, 0.717) is 11.8 Å². The Hall–Kier alpha value is -4.59. The molecule has 0 heterocycles. The van der Waals surface area contributed by atoms with Crippen molar-refractivity contribution in [3.63, 3.8) is 0 Å². The van der Waals surface area contributed by atoms with Crippen molar-refractivity contribution < 1.29 is 0 Å². The Morgan fingerprint density at radius 3 is 1.92 bits per heavy atom. The monoisotopic (exact) mass is 655 g/mol. The first kappa shape index (κ1) is 30.5. The van der Waals surface area contributed by atoms with Crippen LogP contribution in [0.25, 0.3) is 33.4 Å². The van der Waals surface area contributed by atoms with Crippen LogP contribution in [0.1, 0.15) is 50.7 Å². The molecular weight excluding hydrogens is 614 g/mol. The third kappa shape index (κ3) is 4.89. The van der Waals surface area contributed by atoms with E-state index in [2.05, 4.69) is 164 Å². The number of benzene rings is 6. The van der Waals surface area contributed by atoms with E-state index in [1.54, 1.807) is 0 Å².